The summed E-state index contributed by atoms with van der Waals surface area (Å²) in [6, 6.07) is 20.5. The first-order valence-corrected chi connectivity index (χ1v) is 8.74. The second-order valence-corrected chi connectivity index (χ2v) is 6.49. The molecule has 0 fully saturated rings. The van der Waals surface area contributed by atoms with Crippen molar-refractivity contribution in [1.29, 1.82) is 0 Å². The molecule has 2 N–H and O–H groups in total. The molecule has 0 radical (unpaired) electrons. The molecule has 134 valence electrons. The third kappa shape index (κ3) is 3.91. The third-order valence-electron chi connectivity index (χ3n) is 4.43. The topological polar surface area (TPSA) is 83.4 Å². The quantitative estimate of drug-likeness (QED) is 0.861. The summed E-state index contributed by atoms with van der Waals surface area (Å²) in [5.41, 5.74) is 9.26. The van der Waals surface area contributed by atoms with Crippen molar-refractivity contribution in [1.82, 2.24) is 4.90 Å². The number of amides is 1. The highest BCUT2D eigenvalue weighted by atomic mass is 16.1. The van der Waals surface area contributed by atoms with Gasteiger partial charge in [0.25, 0.3) is 5.91 Å². The van der Waals surface area contributed by atoms with Crippen LogP contribution in [0.1, 0.15) is 11.1 Å². The lowest BCUT2D eigenvalue weighted by Crippen LogP contribution is -2.28. The Hall–Kier alpha value is -3.38. The first-order valence-electron chi connectivity index (χ1n) is 8.74. The minimum absolute atomic E-state index is 0.0393. The van der Waals surface area contributed by atoms with Crippen molar-refractivity contribution in [3.8, 4) is 0 Å². The highest BCUT2D eigenvalue weighted by Crippen LogP contribution is 2.21. The van der Waals surface area contributed by atoms with Crippen molar-refractivity contribution in [2.75, 3.05) is 6.54 Å². The fraction of sp³-hybridized carbons (Fsp3) is 0.143. The van der Waals surface area contributed by atoms with Crippen molar-refractivity contribution in [3.05, 3.63) is 82.9 Å². The minimum atomic E-state index is -0.371. The molecule has 0 saturated heterocycles. The van der Waals surface area contributed by atoms with Gasteiger partial charge in [0.2, 0.25) is 5.96 Å². The molecule has 2 aromatic rings. The maximum absolute atomic E-state index is 12.3. The number of rotatable bonds is 6. The number of carbonyl (C=O) groups excluding carboxylic acids is 1. The molecule has 1 amide bonds. The summed E-state index contributed by atoms with van der Waals surface area (Å²) in [7, 11) is 0. The zero-order valence-corrected chi connectivity index (χ0v) is 14.7. The van der Waals surface area contributed by atoms with E-state index in [-0.39, 0.29) is 11.9 Å². The van der Waals surface area contributed by atoms with Crippen LogP contribution in [0.3, 0.4) is 0 Å². The van der Waals surface area contributed by atoms with Crippen LogP contribution in [0, 0.1) is 0 Å². The van der Waals surface area contributed by atoms with E-state index in [1.807, 2.05) is 36.4 Å². The van der Waals surface area contributed by atoms with Gasteiger partial charge in [-0.2, -0.15) is 9.98 Å². The molecule has 2 aromatic carbocycles. The zero-order chi connectivity index (χ0) is 18.6. The first-order chi connectivity index (χ1) is 13.2. The molecular weight excluding hydrogens is 338 g/mol. The normalized spacial score (nSPS) is 15.8. The fourth-order valence-corrected chi connectivity index (χ4v) is 3.23. The number of nitrogens with two attached hydrogens (primary N) is 1. The van der Waals surface area contributed by atoms with E-state index in [0.717, 1.165) is 18.7 Å². The van der Waals surface area contributed by atoms with Crippen LogP contribution in [-0.4, -0.2) is 35.4 Å². The summed E-state index contributed by atoms with van der Waals surface area (Å²) in [6.07, 6.45) is 1.70. The number of nitrogens with zero attached hydrogens (tertiary/aromatic N) is 4. The van der Waals surface area contributed by atoms with Gasteiger partial charge in [-0.25, -0.2) is 4.99 Å². The van der Waals surface area contributed by atoms with Crippen LogP contribution in [0.15, 0.2) is 86.8 Å². The van der Waals surface area contributed by atoms with E-state index in [0.29, 0.717) is 18.0 Å². The molecule has 4 rings (SSSR count). The van der Waals surface area contributed by atoms with E-state index in [4.69, 9.17) is 5.73 Å². The highest BCUT2D eigenvalue weighted by molar-refractivity contribution is 6.34. The molecule has 0 aromatic heterocycles. The molecular formula is C21H19N5O. The van der Waals surface area contributed by atoms with Crippen LogP contribution in [0.2, 0.25) is 0 Å². The zero-order valence-electron chi connectivity index (χ0n) is 14.7. The van der Waals surface area contributed by atoms with Crippen LogP contribution in [0.4, 0.5) is 0 Å². The number of benzene rings is 2. The Morgan fingerprint density at radius 2 is 1.41 bits per heavy atom. The number of carbonyl (C=O) groups is 1. The van der Waals surface area contributed by atoms with E-state index < -0.39 is 0 Å². The van der Waals surface area contributed by atoms with E-state index in [2.05, 4.69) is 44.1 Å². The van der Waals surface area contributed by atoms with Gasteiger partial charge in [-0.1, -0.05) is 60.7 Å². The van der Waals surface area contributed by atoms with Crippen molar-refractivity contribution < 1.29 is 4.79 Å². The number of aliphatic imine (C=N–C) groups is 3. The van der Waals surface area contributed by atoms with Gasteiger partial charge in [0.15, 0.2) is 5.84 Å². The molecule has 2 aliphatic rings. The van der Waals surface area contributed by atoms with Crippen LogP contribution < -0.4 is 5.73 Å². The summed E-state index contributed by atoms with van der Waals surface area (Å²) in [4.78, 5) is 26.6. The van der Waals surface area contributed by atoms with Gasteiger partial charge >= 0.3 is 0 Å². The van der Waals surface area contributed by atoms with Crippen molar-refractivity contribution in [3.63, 3.8) is 0 Å². The fourth-order valence-electron chi connectivity index (χ4n) is 3.23. The smallest absolute Gasteiger partial charge is 0.284 e. The maximum Gasteiger partial charge on any atom is 0.284 e. The van der Waals surface area contributed by atoms with E-state index in [1.165, 1.54) is 11.1 Å². The number of hydrogen-bond acceptors (Lipinski definition) is 5. The second-order valence-electron chi connectivity index (χ2n) is 6.49. The minimum Gasteiger partial charge on any atom is -0.368 e. The maximum atomic E-state index is 12.3. The lowest BCUT2D eigenvalue weighted by Gasteiger charge is -2.23. The average molecular weight is 357 g/mol. The van der Waals surface area contributed by atoms with E-state index in [1.54, 1.807) is 6.21 Å². The number of fused-ring (bicyclic) bond motifs is 1. The summed E-state index contributed by atoms with van der Waals surface area (Å²) in [5.74, 6) is -0.0474. The molecule has 6 heteroatoms. The molecule has 0 aliphatic carbocycles. The number of amidine groups is 1. The second kappa shape index (κ2) is 7.47. The standard InChI is InChI=1S/C21H19N5O/c22-21-24-19-18(20(27)25-21)17(11-23-19)14-26(12-15-7-3-1-4-8-15)13-16-9-5-2-6-10-16/h1-11H,12-14H2,(H2,22,25,27). The van der Waals surface area contributed by atoms with Crippen molar-refractivity contribution in [2.24, 2.45) is 20.7 Å². The van der Waals surface area contributed by atoms with Crippen molar-refractivity contribution >= 4 is 23.9 Å². The monoisotopic (exact) mass is 357 g/mol. The van der Waals surface area contributed by atoms with Gasteiger partial charge in [-0.15, -0.1) is 0 Å². The van der Waals surface area contributed by atoms with Gasteiger partial charge in [-0.3, -0.25) is 9.69 Å². The van der Waals surface area contributed by atoms with Gasteiger partial charge < -0.3 is 5.73 Å². The third-order valence-corrected chi connectivity index (χ3v) is 4.43. The predicted octanol–water partition coefficient (Wildman–Crippen LogP) is 2.32. The molecule has 0 bridgehead atoms. The van der Waals surface area contributed by atoms with Crippen LogP contribution in [-0.2, 0) is 17.9 Å². The average Bonchev–Trinajstić information content (AvgIpc) is 3.06. The summed E-state index contributed by atoms with van der Waals surface area (Å²) >= 11 is 0. The predicted molar refractivity (Wildman–Crippen MR) is 107 cm³/mol. The molecule has 0 saturated carbocycles. The first kappa shape index (κ1) is 17.1. The number of hydrogen-bond donors (Lipinski definition) is 1. The Balaban J connectivity index is 1.60. The summed E-state index contributed by atoms with van der Waals surface area (Å²) in [6.45, 7) is 2.08. The molecule has 27 heavy (non-hydrogen) atoms. The van der Waals surface area contributed by atoms with Crippen LogP contribution >= 0.6 is 0 Å². The van der Waals surface area contributed by atoms with E-state index in [9.17, 15) is 4.79 Å². The van der Waals surface area contributed by atoms with Crippen LogP contribution in [0.25, 0.3) is 0 Å². The molecule has 0 atom stereocenters. The molecule has 2 aliphatic heterocycles. The Labute approximate surface area is 157 Å². The Kier molecular flexibility index (Phi) is 4.72. The van der Waals surface area contributed by atoms with Gasteiger partial charge in [0.1, 0.15) is 0 Å². The Bertz CT molecular complexity index is 933. The van der Waals surface area contributed by atoms with Gasteiger partial charge in [0.05, 0.1) is 5.57 Å². The molecule has 0 spiro atoms. The van der Waals surface area contributed by atoms with Gasteiger partial charge in [-0.05, 0) is 11.1 Å². The molecule has 2 heterocycles. The molecule has 6 nitrogen and oxygen atoms in total. The summed E-state index contributed by atoms with van der Waals surface area (Å²) in [5, 5.41) is 0. The van der Waals surface area contributed by atoms with Gasteiger partial charge in [0, 0.05) is 31.4 Å². The Morgan fingerprint density at radius 3 is 2.00 bits per heavy atom. The SMILES string of the molecule is NC1=NC(=O)C2=C(CN(Cc3ccccc3)Cc3ccccc3)C=NC2=N1. The van der Waals surface area contributed by atoms with Crippen LogP contribution in [0.5, 0.6) is 0 Å². The highest BCUT2D eigenvalue weighted by Gasteiger charge is 2.28. The molecule has 0 unspecified atom stereocenters. The lowest BCUT2D eigenvalue weighted by atomic mass is 10.1. The largest absolute Gasteiger partial charge is 0.368 e. The summed E-state index contributed by atoms with van der Waals surface area (Å²) < 4.78 is 0. The lowest BCUT2D eigenvalue weighted by molar-refractivity contribution is -0.114. The Morgan fingerprint density at radius 1 is 0.815 bits per heavy atom. The number of guanidine groups is 1. The van der Waals surface area contributed by atoms with E-state index >= 15 is 0 Å². The van der Waals surface area contributed by atoms with Crippen molar-refractivity contribution in [2.45, 2.75) is 13.1 Å².